The summed E-state index contributed by atoms with van der Waals surface area (Å²) in [6, 6.07) is 23.2. The molecule has 4 rings (SSSR count). The summed E-state index contributed by atoms with van der Waals surface area (Å²) in [5, 5.41) is 0.295. The van der Waals surface area contributed by atoms with Crippen LogP contribution in [0.4, 0.5) is 5.69 Å². The standard InChI is InChI=1S/C25H20N2O4S/c1-30-20-13-14-21(31-2)18(15-20)16-22-24(29)27(19-11-7-4-8-12-19)25(32-22)26-23(28)17-9-5-3-6-10-17/h3-16H,1-2H3/b22-16+,26-25?. The van der Waals surface area contributed by atoms with Crippen molar-refractivity contribution in [3.8, 4) is 11.5 Å². The Morgan fingerprint density at radius 1 is 0.938 bits per heavy atom. The Bertz CT molecular complexity index is 1210. The van der Waals surface area contributed by atoms with Crippen molar-refractivity contribution in [2.75, 3.05) is 19.1 Å². The fourth-order valence-corrected chi connectivity index (χ4v) is 4.15. The molecule has 1 heterocycles. The molecule has 0 bridgehead atoms. The minimum absolute atomic E-state index is 0.273. The molecular weight excluding hydrogens is 424 g/mol. The van der Waals surface area contributed by atoms with Gasteiger partial charge in [0, 0.05) is 11.1 Å². The number of carbonyl (C=O) groups excluding carboxylic acids is 2. The third-order valence-electron chi connectivity index (χ3n) is 4.76. The van der Waals surface area contributed by atoms with Crippen molar-refractivity contribution >= 4 is 40.5 Å². The number of benzene rings is 3. The Morgan fingerprint density at radius 3 is 2.28 bits per heavy atom. The van der Waals surface area contributed by atoms with Crippen molar-refractivity contribution in [1.82, 2.24) is 0 Å². The van der Waals surface area contributed by atoms with Crippen LogP contribution in [0.15, 0.2) is 88.8 Å². The molecule has 0 aliphatic carbocycles. The zero-order valence-corrected chi connectivity index (χ0v) is 18.3. The van der Waals surface area contributed by atoms with Gasteiger partial charge in [-0.2, -0.15) is 4.99 Å². The molecule has 0 N–H and O–H groups in total. The Balaban J connectivity index is 1.77. The van der Waals surface area contributed by atoms with E-state index >= 15 is 0 Å². The van der Waals surface area contributed by atoms with E-state index in [9.17, 15) is 9.59 Å². The summed E-state index contributed by atoms with van der Waals surface area (Å²) >= 11 is 1.14. The van der Waals surface area contributed by atoms with Crippen LogP contribution in [0, 0.1) is 0 Å². The first-order valence-electron chi connectivity index (χ1n) is 9.80. The fourth-order valence-electron chi connectivity index (χ4n) is 3.18. The van der Waals surface area contributed by atoms with Crippen LogP contribution < -0.4 is 14.4 Å². The maximum Gasteiger partial charge on any atom is 0.279 e. The van der Waals surface area contributed by atoms with Crippen LogP contribution in [-0.4, -0.2) is 31.2 Å². The highest BCUT2D eigenvalue weighted by atomic mass is 32.2. The molecule has 32 heavy (non-hydrogen) atoms. The molecule has 1 aliphatic heterocycles. The van der Waals surface area contributed by atoms with Crippen LogP contribution in [0.25, 0.3) is 6.08 Å². The van der Waals surface area contributed by atoms with Crippen LogP contribution in [0.5, 0.6) is 11.5 Å². The molecule has 7 heteroatoms. The van der Waals surface area contributed by atoms with Gasteiger partial charge in [-0.1, -0.05) is 36.4 Å². The molecule has 0 aromatic heterocycles. The Hall–Kier alpha value is -3.84. The van der Waals surface area contributed by atoms with Crippen LogP contribution in [0.2, 0.25) is 0 Å². The van der Waals surface area contributed by atoms with Crippen molar-refractivity contribution in [3.05, 3.63) is 94.9 Å². The van der Waals surface area contributed by atoms with Gasteiger partial charge < -0.3 is 9.47 Å². The third-order valence-corrected chi connectivity index (χ3v) is 5.73. The molecule has 0 unspecified atom stereocenters. The summed E-state index contributed by atoms with van der Waals surface area (Å²) in [6.07, 6.45) is 1.72. The Morgan fingerprint density at radius 2 is 1.62 bits per heavy atom. The maximum atomic E-state index is 13.4. The number of rotatable bonds is 5. The molecule has 0 spiro atoms. The van der Waals surface area contributed by atoms with Gasteiger partial charge in [0.15, 0.2) is 5.17 Å². The SMILES string of the molecule is COc1ccc(OC)c(/C=C2/SC(=NC(=O)c3ccccc3)N(c3ccccc3)C2=O)c1. The smallest absolute Gasteiger partial charge is 0.279 e. The van der Waals surface area contributed by atoms with E-state index in [1.54, 1.807) is 74.9 Å². The summed E-state index contributed by atoms with van der Waals surface area (Å²) in [4.78, 5) is 32.2. The van der Waals surface area contributed by atoms with E-state index in [-0.39, 0.29) is 5.91 Å². The first-order chi connectivity index (χ1) is 15.6. The van der Waals surface area contributed by atoms with Gasteiger partial charge in [-0.3, -0.25) is 14.5 Å². The average Bonchev–Trinajstić information content (AvgIpc) is 3.14. The van der Waals surface area contributed by atoms with E-state index in [2.05, 4.69) is 4.99 Å². The molecule has 6 nitrogen and oxygen atoms in total. The highest BCUT2D eigenvalue weighted by molar-refractivity contribution is 8.19. The van der Waals surface area contributed by atoms with Crippen molar-refractivity contribution in [2.45, 2.75) is 0 Å². The molecule has 3 aromatic rings. The minimum Gasteiger partial charge on any atom is -0.497 e. The van der Waals surface area contributed by atoms with Gasteiger partial charge in [-0.25, -0.2) is 0 Å². The lowest BCUT2D eigenvalue weighted by Crippen LogP contribution is -2.29. The van der Waals surface area contributed by atoms with Crippen molar-refractivity contribution < 1.29 is 19.1 Å². The lowest BCUT2D eigenvalue weighted by Gasteiger charge is -2.15. The Labute approximate surface area is 190 Å². The highest BCUT2D eigenvalue weighted by Crippen LogP contribution is 2.38. The van der Waals surface area contributed by atoms with Gasteiger partial charge in [-0.05, 0) is 60.3 Å². The van der Waals surface area contributed by atoms with E-state index < -0.39 is 5.91 Å². The maximum absolute atomic E-state index is 13.4. The van der Waals surface area contributed by atoms with Crippen molar-refractivity contribution in [3.63, 3.8) is 0 Å². The van der Waals surface area contributed by atoms with Gasteiger partial charge in [0.25, 0.3) is 11.8 Å². The van der Waals surface area contributed by atoms with Crippen LogP contribution in [-0.2, 0) is 4.79 Å². The van der Waals surface area contributed by atoms with Gasteiger partial charge in [0.1, 0.15) is 11.5 Å². The zero-order chi connectivity index (χ0) is 22.5. The number of ether oxygens (including phenoxy) is 2. The molecule has 2 amide bonds. The van der Waals surface area contributed by atoms with E-state index in [1.165, 1.54) is 4.90 Å². The van der Waals surface area contributed by atoms with Gasteiger partial charge in [0.05, 0.1) is 24.8 Å². The second-order valence-corrected chi connectivity index (χ2v) is 7.77. The first kappa shape index (κ1) is 21.4. The monoisotopic (exact) mass is 444 g/mol. The summed E-state index contributed by atoms with van der Waals surface area (Å²) in [5.74, 6) is 0.553. The predicted molar refractivity (Wildman–Crippen MR) is 127 cm³/mol. The number of amides is 2. The quantitative estimate of drug-likeness (QED) is 0.517. The molecule has 1 aliphatic rings. The van der Waals surface area contributed by atoms with Crippen molar-refractivity contribution in [2.24, 2.45) is 4.99 Å². The van der Waals surface area contributed by atoms with E-state index in [0.29, 0.717) is 38.4 Å². The van der Waals surface area contributed by atoms with Crippen LogP contribution in [0.1, 0.15) is 15.9 Å². The summed E-state index contributed by atoms with van der Waals surface area (Å²) in [5.41, 5.74) is 1.77. The predicted octanol–water partition coefficient (Wildman–Crippen LogP) is 5.02. The number of aliphatic imine (C=N–C) groups is 1. The van der Waals surface area contributed by atoms with E-state index in [1.807, 2.05) is 24.3 Å². The average molecular weight is 445 g/mol. The summed E-state index contributed by atoms with van der Waals surface area (Å²) in [7, 11) is 3.14. The minimum atomic E-state index is -0.415. The van der Waals surface area contributed by atoms with Crippen LogP contribution in [0.3, 0.4) is 0 Å². The number of nitrogens with zero attached hydrogens (tertiary/aromatic N) is 2. The highest BCUT2D eigenvalue weighted by Gasteiger charge is 2.35. The number of hydrogen-bond donors (Lipinski definition) is 0. The zero-order valence-electron chi connectivity index (χ0n) is 17.5. The molecule has 160 valence electrons. The van der Waals surface area contributed by atoms with E-state index in [4.69, 9.17) is 9.47 Å². The number of anilines is 1. The Kier molecular flexibility index (Phi) is 6.37. The number of amidine groups is 1. The molecular formula is C25H20N2O4S. The molecule has 3 aromatic carbocycles. The van der Waals surface area contributed by atoms with Gasteiger partial charge in [0.2, 0.25) is 0 Å². The lowest BCUT2D eigenvalue weighted by molar-refractivity contribution is -0.113. The lowest BCUT2D eigenvalue weighted by atomic mass is 10.1. The third kappa shape index (κ3) is 4.43. The number of hydrogen-bond acceptors (Lipinski definition) is 5. The molecule has 1 fully saturated rings. The molecule has 0 saturated carbocycles. The van der Waals surface area contributed by atoms with E-state index in [0.717, 1.165) is 11.8 Å². The second-order valence-electron chi connectivity index (χ2n) is 6.76. The number of methoxy groups -OCH3 is 2. The number of carbonyl (C=O) groups is 2. The molecule has 0 atom stereocenters. The van der Waals surface area contributed by atoms with Gasteiger partial charge in [-0.15, -0.1) is 0 Å². The fraction of sp³-hybridized carbons (Fsp3) is 0.0800. The molecule has 0 radical (unpaired) electrons. The first-order valence-corrected chi connectivity index (χ1v) is 10.6. The largest absolute Gasteiger partial charge is 0.497 e. The van der Waals surface area contributed by atoms with Crippen LogP contribution >= 0.6 is 11.8 Å². The summed E-state index contributed by atoms with van der Waals surface area (Å²) < 4.78 is 10.7. The normalized spacial score (nSPS) is 15.9. The van der Waals surface area contributed by atoms with Gasteiger partial charge >= 0.3 is 0 Å². The number of para-hydroxylation sites is 1. The second kappa shape index (κ2) is 9.53. The molecule has 1 saturated heterocycles. The van der Waals surface area contributed by atoms with Crippen molar-refractivity contribution in [1.29, 1.82) is 0 Å². The summed E-state index contributed by atoms with van der Waals surface area (Å²) in [6.45, 7) is 0. The topological polar surface area (TPSA) is 68.2 Å². The number of thioether (sulfide) groups is 1.